The molecule has 1 amide bonds. The second kappa shape index (κ2) is 8.37. The summed E-state index contributed by atoms with van der Waals surface area (Å²) in [5.41, 5.74) is 3.35. The first kappa shape index (κ1) is 18.4. The minimum Gasteiger partial charge on any atom is -0.295 e. The van der Waals surface area contributed by atoms with Gasteiger partial charge in [-0.2, -0.15) is 5.10 Å². The Hall–Kier alpha value is -2.97. The molecule has 1 N–H and O–H groups in total. The van der Waals surface area contributed by atoms with Crippen molar-refractivity contribution in [2.45, 2.75) is 17.0 Å². The van der Waals surface area contributed by atoms with Crippen LogP contribution in [0.4, 0.5) is 5.13 Å². The molecule has 0 fully saturated rings. The number of anilines is 1. The van der Waals surface area contributed by atoms with Gasteiger partial charge in [0.1, 0.15) is 0 Å². The van der Waals surface area contributed by atoms with E-state index in [0.717, 1.165) is 21.5 Å². The largest absolute Gasteiger partial charge is 0.295 e. The molecule has 4 aromatic rings. The Kier molecular flexibility index (Phi) is 5.50. The standard InChI is InChI=1S/C20H17N5OS2/c1-14-12-17(24-25(14)16-10-6-3-7-11-16)18(26)21-19-22-23-20(28-19)27-13-15-8-4-2-5-9-15/h2-12H,13H2,1H3,(H,21,22,26). The number of thioether (sulfide) groups is 1. The van der Waals surface area contributed by atoms with Crippen LogP contribution in [0.15, 0.2) is 71.1 Å². The predicted octanol–water partition coefficient (Wildman–Crippen LogP) is 4.58. The molecule has 2 aromatic heterocycles. The summed E-state index contributed by atoms with van der Waals surface area (Å²) in [6.45, 7) is 1.92. The molecule has 6 nitrogen and oxygen atoms in total. The molecule has 4 rings (SSSR count). The van der Waals surface area contributed by atoms with E-state index in [1.165, 1.54) is 16.9 Å². The quantitative estimate of drug-likeness (QED) is 0.374. The Morgan fingerprint density at radius 1 is 1.07 bits per heavy atom. The number of nitrogens with one attached hydrogen (secondary N) is 1. The smallest absolute Gasteiger partial charge is 0.278 e. The summed E-state index contributed by atoms with van der Waals surface area (Å²) in [6, 6.07) is 21.6. The molecule has 0 saturated heterocycles. The van der Waals surface area contributed by atoms with Crippen LogP contribution in [-0.4, -0.2) is 25.9 Å². The van der Waals surface area contributed by atoms with Gasteiger partial charge >= 0.3 is 0 Å². The zero-order valence-corrected chi connectivity index (χ0v) is 16.7. The average Bonchev–Trinajstić information content (AvgIpc) is 3.34. The average molecular weight is 408 g/mol. The highest BCUT2D eigenvalue weighted by atomic mass is 32.2. The number of para-hydroxylation sites is 1. The molecular weight excluding hydrogens is 390 g/mol. The Morgan fingerprint density at radius 2 is 1.79 bits per heavy atom. The summed E-state index contributed by atoms with van der Waals surface area (Å²) in [4.78, 5) is 12.5. The van der Waals surface area contributed by atoms with Gasteiger partial charge < -0.3 is 0 Å². The van der Waals surface area contributed by atoms with Gasteiger partial charge in [0.2, 0.25) is 5.13 Å². The zero-order valence-electron chi connectivity index (χ0n) is 15.1. The maximum atomic E-state index is 12.5. The Balaban J connectivity index is 1.41. The molecule has 140 valence electrons. The van der Waals surface area contributed by atoms with Crippen molar-refractivity contribution < 1.29 is 4.79 Å². The number of amides is 1. The van der Waals surface area contributed by atoms with Crippen molar-refractivity contribution in [1.29, 1.82) is 0 Å². The van der Waals surface area contributed by atoms with E-state index < -0.39 is 0 Å². The third-order valence-electron chi connectivity index (χ3n) is 3.95. The number of nitrogens with zero attached hydrogens (tertiary/aromatic N) is 4. The van der Waals surface area contributed by atoms with Crippen molar-refractivity contribution in [3.8, 4) is 5.69 Å². The lowest BCUT2D eigenvalue weighted by Gasteiger charge is -2.02. The fraction of sp³-hybridized carbons (Fsp3) is 0.100. The SMILES string of the molecule is Cc1cc(C(=O)Nc2nnc(SCc3ccccc3)s2)nn1-c1ccccc1. The lowest BCUT2D eigenvalue weighted by Crippen LogP contribution is -2.13. The van der Waals surface area contributed by atoms with Crippen LogP contribution in [0.1, 0.15) is 21.7 Å². The molecule has 2 heterocycles. The van der Waals surface area contributed by atoms with E-state index in [0.29, 0.717) is 10.8 Å². The highest BCUT2D eigenvalue weighted by Crippen LogP contribution is 2.28. The number of aryl methyl sites for hydroxylation is 1. The van der Waals surface area contributed by atoms with Crippen LogP contribution in [0.3, 0.4) is 0 Å². The second-order valence-electron chi connectivity index (χ2n) is 6.02. The maximum absolute atomic E-state index is 12.5. The van der Waals surface area contributed by atoms with E-state index in [4.69, 9.17) is 0 Å². The molecular formula is C20H17N5OS2. The normalized spacial score (nSPS) is 10.8. The summed E-state index contributed by atoms with van der Waals surface area (Å²) in [5, 5.41) is 15.9. The number of carbonyl (C=O) groups excluding carboxylic acids is 1. The molecule has 0 aliphatic carbocycles. The van der Waals surface area contributed by atoms with Crippen LogP contribution < -0.4 is 5.32 Å². The number of carbonyl (C=O) groups is 1. The van der Waals surface area contributed by atoms with Gasteiger partial charge in [0.05, 0.1) is 5.69 Å². The zero-order chi connectivity index (χ0) is 19.3. The van der Waals surface area contributed by atoms with E-state index in [1.807, 2.05) is 55.5 Å². The summed E-state index contributed by atoms with van der Waals surface area (Å²) in [7, 11) is 0. The van der Waals surface area contributed by atoms with E-state index in [2.05, 4.69) is 32.7 Å². The summed E-state index contributed by atoms with van der Waals surface area (Å²) in [5.74, 6) is 0.512. The first-order valence-electron chi connectivity index (χ1n) is 8.63. The summed E-state index contributed by atoms with van der Waals surface area (Å²) in [6.07, 6.45) is 0. The van der Waals surface area contributed by atoms with Gasteiger partial charge in [0.15, 0.2) is 10.0 Å². The van der Waals surface area contributed by atoms with Crippen LogP contribution in [0.5, 0.6) is 0 Å². The topological polar surface area (TPSA) is 72.7 Å². The fourth-order valence-corrected chi connectivity index (χ4v) is 4.32. The highest BCUT2D eigenvalue weighted by molar-refractivity contribution is 8.00. The second-order valence-corrected chi connectivity index (χ2v) is 8.22. The molecule has 0 spiro atoms. The van der Waals surface area contributed by atoms with Gasteiger partial charge in [-0.3, -0.25) is 10.1 Å². The minimum absolute atomic E-state index is 0.298. The van der Waals surface area contributed by atoms with Crippen molar-refractivity contribution >= 4 is 34.1 Å². The number of benzene rings is 2. The number of aromatic nitrogens is 4. The molecule has 28 heavy (non-hydrogen) atoms. The third kappa shape index (κ3) is 4.29. The molecule has 0 unspecified atom stereocenters. The minimum atomic E-state index is -0.298. The predicted molar refractivity (Wildman–Crippen MR) is 112 cm³/mol. The lowest BCUT2D eigenvalue weighted by molar-refractivity contribution is 0.102. The highest BCUT2D eigenvalue weighted by Gasteiger charge is 2.15. The first-order valence-corrected chi connectivity index (χ1v) is 10.4. The van der Waals surface area contributed by atoms with Crippen molar-refractivity contribution in [3.63, 3.8) is 0 Å². The summed E-state index contributed by atoms with van der Waals surface area (Å²) >= 11 is 2.95. The van der Waals surface area contributed by atoms with Crippen molar-refractivity contribution in [3.05, 3.63) is 83.7 Å². The first-order chi connectivity index (χ1) is 13.7. The molecule has 0 aliphatic heterocycles. The maximum Gasteiger partial charge on any atom is 0.278 e. The van der Waals surface area contributed by atoms with Gasteiger partial charge in [0, 0.05) is 11.4 Å². The molecule has 2 aromatic carbocycles. The third-order valence-corrected chi connectivity index (χ3v) is 6.00. The van der Waals surface area contributed by atoms with E-state index in [-0.39, 0.29) is 5.91 Å². The number of hydrogen-bond acceptors (Lipinski definition) is 6. The van der Waals surface area contributed by atoms with Crippen molar-refractivity contribution in [2.75, 3.05) is 5.32 Å². The number of hydrogen-bond donors (Lipinski definition) is 1. The molecule has 0 saturated carbocycles. The van der Waals surface area contributed by atoms with Crippen LogP contribution in [-0.2, 0) is 5.75 Å². The monoisotopic (exact) mass is 407 g/mol. The van der Waals surface area contributed by atoms with Crippen LogP contribution >= 0.6 is 23.1 Å². The summed E-state index contributed by atoms with van der Waals surface area (Å²) < 4.78 is 2.56. The van der Waals surface area contributed by atoms with Crippen molar-refractivity contribution in [2.24, 2.45) is 0 Å². The number of rotatable bonds is 6. The van der Waals surface area contributed by atoms with E-state index in [1.54, 1.807) is 22.5 Å². The van der Waals surface area contributed by atoms with Crippen LogP contribution in [0.25, 0.3) is 5.69 Å². The van der Waals surface area contributed by atoms with E-state index in [9.17, 15) is 4.79 Å². The van der Waals surface area contributed by atoms with Crippen LogP contribution in [0.2, 0.25) is 0 Å². The lowest BCUT2D eigenvalue weighted by atomic mass is 10.2. The molecule has 0 atom stereocenters. The van der Waals surface area contributed by atoms with Crippen molar-refractivity contribution in [1.82, 2.24) is 20.0 Å². The van der Waals surface area contributed by atoms with Gasteiger partial charge in [-0.15, -0.1) is 10.2 Å². The van der Waals surface area contributed by atoms with Gasteiger partial charge in [-0.1, -0.05) is 71.6 Å². The van der Waals surface area contributed by atoms with Crippen LogP contribution in [0, 0.1) is 6.92 Å². The molecule has 0 radical (unpaired) electrons. The van der Waals surface area contributed by atoms with Gasteiger partial charge in [-0.05, 0) is 30.7 Å². The van der Waals surface area contributed by atoms with E-state index >= 15 is 0 Å². The molecule has 0 bridgehead atoms. The Bertz CT molecular complexity index is 1080. The van der Waals surface area contributed by atoms with Gasteiger partial charge in [0.25, 0.3) is 5.91 Å². The van der Waals surface area contributed by atoms with Gasteiger partial charge in [-0.25, -0.2) is 4.68 Å². The fourth-order valence-electron chi connectivity index (χ4n) is 2.62. The Morgan fingerprint density at radius 3 is 2.54 bits per heavy atom. The molecule has 8 heteroatoms. The molecule has 0 aliphatic rings. The Labute approximate surface area is 170 Å².